The molecule has 5 unspecified atom stereocenters. The Labute approximate surface area is 278 Å². The third-order valence-electron chi connectivity index (χ3n) is 10.8. The molecule has 46 heavy (non-hydrogen) atoms. The van der Waals surface area contributed by atoms with E-state index in [1.165, 1.54) is 0 Å². The molecule has 1 spiro atoms. The SMILES string of the molecule is CC[C@H](C)C1O[C@]2(CC[C@@H]1C)CC1CC(C/C=C(\C)[C@@H](O)[C@@H](C)/C=C/C=C3\COC4[C@H](OC(=O)CCl)C(C)=CC(C(=O)O1)[C@]34O)O2. The Bertz CT molecular complexity index is 1270. The van der Waals surface area contributed by atoms with Gasteiger partial charge in [0, 0.05) is 25.2 Å². The van der Waals surface area contributed by atoms with E-state index in [1.807, 2.05) is 26.0 Å². The molecule has 9 nitrogen and oxygen atoms in total. The van der Waals surface area contributed by atoms with Crippen molar-refractivity contribution < 1.29 is 43.5 Å². The van der Waals surface area contributed by atoms with Gasteiger partial charge in [-0.3, -0.25) is 9.59 Å². The molecule has 3 fully saturated rings. The Morgan fingerprint density at radius 2 is 1.96 bits per heavy atom. The van der Waals surface area contributed by atoms with Crippen molar-refractivity contribution in [3.8, 4) is 0 Å². The molecular formula is C36H51ClO9. The summed E-state index contributed by atoms with van der Waals surface area (Å²) < 4.78 is 31.6. The van der Waals surface area contributed by atoms with Crippen molar-refractivity contribution >= 4 is 23.5 Å². The van der Waals surface area contributed by atoms with Crippen molar-refractivity contribution in [2.75, 3.05) is 12.5 Å². The van der Waals surface area contributed by atoms with E-state index in [0.717, 1.165) is 18.4 Å². The highest BCUT2D eigenvalue weighted by molar-refractivity contribution is 6.26. The minimum absolute atomic E-state index is 0.0137. The van der Waals surface area contributed by atoms with Crippen LogP contribution in [0.15, 0.2) is 47.1 Å². The van der Waals surface area contributed by atoms with Crippen molar-refractivity contribution in [2.24, 2.45) is 23.7 Å². The molecule has 0 saturated carbocycles. The van der Waals surface area contributed by atoms with Gasteiger partial charge in [0.05, 0.1) is 24.9 Å². The number of rotatable bonds is 4. The summed E-state index contributed by atoms with van der Waals surface area (Å²) in [7, 11) is 0. The van der Waals surface area contributed by atoms with Gasteiger partial charge in [-0.15, -0.1) is 11.6 Å². The van der Waals surface area contributed by atoms with Crippen molar-refractivity contribution in [1.29, 1.82) is 0 Å². The van der Waals surface area contributed by atoms with Gasteiger partial charge in [-0.05, 0) is 55.2 Å². The van der Waals surface area contributed by atoms with Crippen LogP contribution in [0.4, 0.5) is 0 Å². The minimum atomic E-state index is -1.84. The zero-order valence-corrected chi connectivity index (χ0v) is 28.7. The molecule has 2 bridgehead atoms. The molecule has 0 aromatic heterocycles. The van der Waals surface area contributed by atoms with Gasteiger partial charge in [0.2, 0.25) is 0 Å². The van der Waals surface area contributed by atoms with E-state index in [2.05, 4.69) is 20.8 Å². The summed E-state index contributed by atoms with van der Waals surface area (Å²) in [5.74, 6) is -3.13. The third kappa shape index (κ3) is 6.92. The third-order valence-corrected chi connectivity index (χ3v) is 11.0. The highest BCUT2D eigenvalue weighted by atomic mass is 35.5. The number of carbonyl (C=O) groups is 2. The van der Waals surface area contributed by atoms with Crippen LogP contribution in [0.2, 0.25) is 0 Å². The molecule has 0 aromatic carbocycles. The number of allylic oxidation sites excluding steroid dienone is 2. The van der Waals surface area contributed by atoms with E-state index in [4.69, 9.17) is 35.3 Å². The van der Waals surface area contributed by atoms with Gasteiger partial charge in [0.25, 0.3) is 0 Å². The molecule has 4 heterocycles. The second kappa shape index (κ2) is 14.2. The zero-order valence-electron chi connectivity index (χ0n) is 27.9. The number of hydrogen-bond donors (Lipinski definition) is 2. The molecule has 0 aromatic rings. The Hall–Kier alpha value is -2.01. The van der Waals surface area contributed by atoms with E-state index >= 15 is 0 Å². The zero-order chi connectivity index (χ0) is 33.4. The summed E-state index contributed by atoms with van der Waals surface area (Å²) in [5.41, 5.74) is 0.00740. The predicted molar refractivity (Wildman–Crippen MR) is 173 cm³/mol. The first kappa shape index (κ1) is 35.3. The summed E-state index contributed by atoms with van der Waals surface area (Å²) in [6.07, 6.45) is 9.41. The number of aliphatic hydroxyl groups is 2. The van der Waals surface area contributed by atoms with E-state index < -0.39 is 53.7 Å². The molecule has 4 aliphatic heterocycles. The lowest BCUT2D eigenvalue weighted by Gasteiger charge is -2.51. The van der Waals surface area contributed by atoms with Crippen LogP contribution in [0.5, 0.6) is 0 Å². The second-order valence-corrected chi connectivity index (χ2v) is 14.5. The molecule has 2 N–H and O–H groups in total. The lowest BCUT2D eigenvalue weighted by Crippen LogP contribution is -2.59. The molecular weight excluding hydrogens is 612 g/mol. The number of carbonyl (C=O) groups excluding carboxylic acids is 2. The van der Waals surface area contributed by atoms with E-state index in [9.17, 15) is 19.8 Å². The fourth-order valence-electron chi connectivity index (χ4n) is 7.86. The molecule has 3 saturated heterocycles. The van der Waals surface area contributed by atoms with Gasteiger partial charge in [0.15, 0.2) is 11.9 Å². The quantitative estimate of drug-likeness (QED) is 0.234. The largest absolute Gasteiger partial charge is 0.462 e. The van der Waals surface area contributed by atoms with Crippen LogP contribution in [0.25, 0.3) is 0 Å². The fraction of sp³-hybridized carbons (Fsp3) is 0.722. The predicted octanol–water partition coefficient (Wildman–Crippen LogP) is 5.32. The van der Waals surface area contributed by atoms with Crippen LogP contribution in [0, 0.1) is 23.7 Å². The number of hydrogen-bond acceptors (Lipinski definition) is 9. The summed E-state index contributed by atoms with van der Waals surface area (Å²) in [4.78, 5) is 26.4. The van der Waals surface area contributed by atoms with Gasteiger partial charge in [0.1, 0.15) is 29.6 Å². The standard InChI is InChI=1S/C36H51ClO9/c1-7-20(2)31-23(5)13-14-35(46-31)17-27-16-26(45-35)12-11-22(4)30(39)21(3)9-8-10-25-19-42-33-32(44-29(38)18-37)24(6)15-28(34(40)43-27)36(25,33)41/h8-11,15,20-21,23,26-28,30-33,39,41H,7,12-14,16-19H2,1-6H3/b9-8+,22-11+,25-10+/t20-,21-,23-,26?,27?,28?,30-,31?,32+,33?,35+,36+/m0/s1. The highest BCUT2D eigenvalue weighted by Crippen LogP contribution is 2.48. The molecule has 1 aliphatic carbocycles. The Kier molecular flexibility index (Phi) is 10.9. The first-order valence-electron chi connectivity index (χ1n) is 16.9. The van der Waals surface area contributed by atoms with Crippen LogP contribution in [-0.2, 0) is 33.3 Å². The maximum atomic E-state index is 14.2. The van der Waals surface area contributed by atoms with Crippen molar-refractivity contribution in [3.05, 3.63) is 47.1 Å². The van der Waals surface area contributed by atoms with E-state index in [1.54, 1.807) is 25.2 Å². The number of halogens is 1. The molecule has 0 amide bonds. The van der Waals surface area contributed by atoms with Gasteiger partial charge in [-0.1, -0.05) is 64.5 Å². The van der Waals surface area contributed by atoms with Crippen LogP contribution in [0.3, 0.4) is 0 Å². The summed E-state index contributed by atoms with van der Waals surface area (Å²) >= 11 is 5.74. The van der Waals surface area contributed by atoms with Crippen molar-refractivity contribution in [1.82, 2.24) is 0 Å². The van der Waals surface area contributed by atoms with Gasteiger partial charge in [-0.25, -0.2) is 0 Å². The first-order valence-corrected chi connectivity index (χ1v) is 17.4. The smallest absolute Gasteiger partial charge is 0.321 e. The second-order valence-electron chi connectivity index (χ2n) is 14.2. The maximum Gasteiger partial charge on any atom is 0.321 e. The molecule has 5 rings (SSSR count). The van der Waals surface area contributed by atoms with Gasteiger partial charge < -0.3 is 33.9 Å². The topological polar surface area (TPSA) is 121 Å². The minimum Gasteiger partial charge on any atom is -0.462 e. The van der Waals surface area contributed by atoms with E-state index in [0.29, 0.717) is 48.7 Å². The molecule has 12 atom stereocenters. The first-order chi connectivity index (χ1) is 21.8. The average Bonchev–Trinajstić information content (AvgIpc) is 3.37. The number of esters is 2. The van der Waals surface area contributed by atoms with Crippen molar-refractivity contribution in [2.45, 2.75) is 128 Å². The lowest BCUT2D eigenvalue weighted by molar-refractivity contribution is -0.340. The molecule has 256 valence electrons. The normalized spacial score (nSPS) is 45.3. The Balaban J connectivity index is 1.54. The Morgan fingerprint density at radius 1 is 1.20 bits per heavy atom. The van der Waals surface area contributed by atoms with E-state index in [-0.39, 0.29) is 30.6 Å². The van der Waals surface area contributed by atoms with Crippen LogP contribution < -0.4 is 0 Å². The fourth-order valence-corrected chi connectivity index (χ4v) is 7.92. The molecule has 10 heteroatoms. The van der Waals surface area contributed by atoms with Gasteiger partial charge >= 0.3 is 11.9 Å². The lowest BCUT2D eigenvalue weighted by atomic mass is 9.70. The van der Waals surface area contributed by atoms with Gasteiger partial charge in [-0.2, -0.15) is 0 Å². The highest BCUT2D eigenvalue weighted by Gasteiger charge is 2.61. The summed E-state index contributed by atoms with van der Waals surface area (Å²) in [5, 5.41) is 23.6. The number of alkyl halides is 1. The van der Waals surface area contributed by atoms with Crippen molar-refractivity contribution in [3.63, 3.8) is 0 Å². The van der Waals surface area contributed by atoms with Crippen LogP contribution in [0.1, 0.15) is 80.1 Å². The summed E-state index contributed by atoms with van der Waals surface area (Å²) in [6, 6.07) is 0. The van der Waals surface area contributed by atoms with Crippen LogP contribution in [-0.4, -0.2) is 82.7 Å². The maximum absolute atomic E-state index is 14.2. The van der Waals surface area contributed by atoms with Crippen LogP contribution >= 0.6 is 11.6 Å². The average molecular weight is 663 g/mol. The monoisotopic (exact) mass is 662 g/mol. The number of ether oxygens (including phenoxy) is 5. The molecule has 5 aliphatic rings. The number of fused-ring (bicyclic) bond motifs is 2. The molecule has 0 radical (unpaired) electrons. The summed E-state index contributed by atoms with van der Waals surface area (Å²) in [6.45, 7) is 12.2. The Morgan fingerprint density at radius 3 is 2.67 bits per heavy atom. The number of aliphatic hydroxyl groups excluding tert-OH is 1.